The van der Waals surface area contributed by atoms with Crippen molar-refractivity contribution in [1.82, 2.24) is 5.32 Å². The van der Waals surface area contributed by atoms with Gasteiger partial charge in [0.1, 0.15) is 12.4 Å². The SMILES string of the molecule is CC1=NC(C2=CC3=C(CC=C2)OCCN3)=CC1.CCCc1ccccc1. The fourth-order valence-electron chi connectivity index (χ4n) is 3.15. The Morgan fingerprint density at radius 2 is 2.00 bits per heavy atom. The molecule has 0 amide bonds. The van der Waals surface area contributed by atoms with Gasteiger partial charge in [0, 0.05) is 30.7 Å². The van der Waals surface area contributed by atoms with Gasteiger partial charge < -0.3 is 10.1 Å². The lowest BCUT2D eigenvalue weighted by atomic mass is 10.1. The zero-order valence-corrected chi connectivity index (χ0v) is 15.8. The summed E-state index contributed by atoms with van der Waals surface area (Å²) in [6.45, 7) is 5.91. The lowest BCUT2D eigenvalue weighted by Crippen LogP contribution is -2.25. The number of rotatable bonds is 3. The summed E-state index contributed by atoms with van der Waals surface area (Å²) in [5.74, 6) is 1.04. The Bertz CT molecular complexity index is 767. The van der Waals surface area contributed by atoms with Gasteiger partial charge in [0.05, 0.1) is 11.4 Å². The average Bonchev–Trinajstić information content (AvgIpc) is 2.98. The Morgan fingerprint density at radius 3 is 2.73 bits per heavy atom. The van der Waals surface area contributed by atoms with E-state index >= 15 is 0 Å². The van der Waals surface area contributed by atoms with Crippen LogP contribution in [0.3, 0.4) is 0 Å². The number of allylic oxidation sites excluding steroid dienone is 4. The van der Waals surface area contributed by atoms with Crippen LogP contribution in [0, 0.1) is 0 Å². The van der Waals surface area contributed by atoms with Crippen LogP contribution in [-0.4, -0.2) is 18.9 Å². The van der Waals surface area contributed by atoms with Crippen molar-refractivity contribution in [1.29, 1.82) is 0 Å². The maximum atomic E-state index is 5.66. The normalized spacial score (nSPS) is 18.3. The first-order chi connectivity index (χ1) is 12.8. The summed E-state index contributed by atoms with van der Waals surface area (Å²) in [5, 5.41) is 3.39. The van der Waals surface area contributed by atoms with Crippen molar-refractivity contribution in [2.45, 2.75) is 39.5 Å². The number of nitrogens with one attached hydrogen (secondary N) is 1. The molecule has 1 aromatic carbocycles. The molecular weight excluding hydrogens is 320 g/mol. The smallest absolute Gasteiger partial charge is 0.123 e. The molecule has 0 saturated carbocycles. The van der Waals surface area contributed by atoms with Gasteiger partial charge in [-0.3, -0.25) is 4.99 Å². The van der Waals surface area contributed by atoms with E-state index in [9.17, 15) is 0 Å². The van der Waals surface area contributed by atoms with E-state index in [4.69, 9.17) is 4.74 Å². The van der Waals surface area contributed by atoms with Crippen LogP contribution in [0.5, 0.6) is 0 Å². The fraction of sp³-hybridized carbons (Fsp3) is 0.348. The maximum absolute atomic E-state index is 5.66. The third-order valence-corrected chi connectivity index (χ3v) is 4.47. The fourth-order valence-corrected chi connectivity index (χ4v) is 3.15. The van der Waals surface area contributed by atoms with Gasteiger partial charge in [0.25, 0.3) is 0 Å². The number of aryl methyl sites for hydroxylation is 1. The standard InChI is InChI=1S/C14H16N2O.C9H12/c1-10-5-6-12(16-10)11-3-2-4-14-13(9-11)15-7-8-17-14;1-2-6-9-7-4-3-5-8-9/h2-3,6,9,15H,4-5,7-8H2,1H3;3-5,7-8H,2,6H2,1H3. The highest BCUT2D eigenvalue weighted by atomic mass is 16.5. The molecule has 0 radical (unpaired) electrons. The zero-order chi connectivity index (χ0) is 18.2. The molecule has 0 saturated heterocycles. The van der Waals surface area contributed by atoms with Gasteiger partial charge in [-0.05, 0) is 25.0 Å². The number of aliphatic imine (C=N–C) groups is 1. The Morgan fingerprint density at radius 1 is 1.15 bits per heavy atom. The summed E-state index contributed by atoms with van der Waals surface area (Å²) in [6.07, 6.45) is 12.9. The Labute approximate surface area is 156 Å². The molecule has 1 N–H and O–H groups in total. The first-order valence-electron chi connectivity index (χ1n) is 9.53. The molecular formula is C23H28N2O. The van der Waals surface area contributed by atoms with Gasteiger partial charge in [0.2, 0.25) is 0 Å². The van der Waals surface area contributed by atoms with Crippen LogP contribution in [0.4, 0.5) is 0 Å². The lowest BCUT2D eigenvalue weighted by molar-refractivity contribution is 0.189. The highest BCUT2D eigenvalue weighted by Gasteiger charge is 2.16. The van der Waals surface area contributed by atoms with Crippen molar-refractivity contribution in [3.8, 4) is 0 Å². The second kappa shape index (κ2) is 9.23. The Balaban J connectivity index is 0.000000185. The van der Waals surface area contributed by atoms with E-state index < -0.39 is 0 Å². The van der Waals surface area contributed by atoms with Crippen molar-refractivity contribution < 1.29 is 4.74 Å². The molecule has 4 rings (SSSR count). The number of benzene rings is 1. The molecule has 3 heteroatoms. The summed E-state index contributed by atoms with van der Waals surface area (Å²) >= 11 is 0. The van der Waals surface area contributed by atoms with Crippen LogP contribution < -0.4 is 5.32 Å². The molecule has 136 valence electrons. The highest BCUT2D eigenvalue weighted by molar-refractivity contribution is 5.87. The third kappa shape index (κ3) is 4.98. The monoisotopic (exact) mass is 348 g/mol. The van der Waals surface area contributed by atoms with E-state index in [0.29, 0.717) is 0 Å². The molecule has 26 heavy (non-hydrogen) atoms. The zero-order valence-electron chi connectivity index (χ0n) is 15.8. The van der Waals surface area contributed by atoms with Crippen LogP contribution in [-0.2, 0) is 11.2 Å². The average molecular weight is 348 g/mol. The lowest BCUT2D eigenvalue weighted by Gasteiger charge is -2.20. The number of hydrogen-bond acceptors (Lipinski definition) is 3. The van der Waals surface area contributed by atoms with E-state index in [0.717, 1.165) is 43.1 Å². The molecule has 2 aliphatic heterocycles. The summed E-state index contributed by atoms with van der Waals surface area (Å²) < 4.78 is 5.66. The quantitative estimate of drug-likeness (QED) is 0.825. The molecule has 0 spiro atoms. The van der Waals surface area contributed by atoms with Crippen molar-refractivity contribution in [2.75, 3.05) is 13.2 Å². The van der Waals surface area contributed by atoms with Gasteiger partial charge >= 0.3 is 0 Å². The second-order valence-corrected chi connectivity index (χ2v) is 6.69. The molecule has 3 aliphatic rings. The molecule has 0 fully saturated rings. The molecule has 2 heterocycles. The van der Waals surface area contributed by atoms with Crippen LogP contribution in [0.1, 0.15) is 38.7 Å². The summed E-state index contributed by atoms with van der Waals surface area (Å²) in [5.41, 5.74) is 5.99. The number of hydrogen-bond donors (Lipinski definition) is 1. The predicted octanol–water partition coefficient (Wildman–Crippen LogP) is 5.09. The van der Waals surface area contributed by atoms with E-state index in [-0.39, 0.29) is 0 Å². The summed E-state index contributed by atoms with van der Waals surface area (Å²) in [7, 11) is 0. The Hall–Kier alpha value is -2.55. The van der Waals surface area contributed by atoms with Crippen LogP contribution >= 0.6 is 0 Å². The van der Waals surface area contributed by atoms with Gasteiger partial charge in [-0.15, -0.1) is 0 Å². The molecule has 1 aliphatic carbocycles. The molecule has 0 unspecified atom stereocenters. The van der Waals surface area contributed by atoms with Crippen LogP contribution in [0.25, 0.3) is 0 Å². The largest absolute Gasteiger partial charge is 0.494 e. The van der Waals surface area contributed by atoms with E-state index in [2.05, 4.69) is 78.8 Å². The minimum atomic E-state index is 0.760. The van der Waals surface area contributed by atoms with Crippen LogP contribution in [0.2, 0.25) is 0 Å². The molecule has 1 aromatic rings. The predicted molar refractivity (Wildman–Crippen MR) is 109 cm³/mol. The molecule has 3 nitrogen and oxygen atoms in total. The Kier molecular flexibility index (Phi) is 6.48. The van der Waals surface area contributed by atoms with Crippen molar-refractivity contribution in [2.24, 2.45) is 4.99 Å². The maximum Gasteiger partial charge on any atom is 0.123 e. The van der Waals surface area contributed by atoms with Crippen molar-refractivity contribution >= 4 is 5.71 Å². The minimum absolute atomic E-state index is 0.760. The minimum Gasteiger partial charge on any atom is -0.494 e. The van der Waals surface area contributed by atoms with Crippen molar-refractivity contribution in [3.05, 3.63) is 82.9 Å². The van der Waals surface area contributed by atoms with Gasteiger partial charge in [0.15, 0.2) is 0 Å². The second-order valence-electron chi connectivity index (χ2n) is 6.69. The topological polar surface area (TPSA) is 33.6 Å². The molecule has 0 atom stereocenters. The van der Waals surface area contributed by atoms with Gasteiger partial charge in [-0.25, -0.2) is 0 Å². The van der Waals surface area contributed by atoms with Gasteiger partial charge in [-0.1, -0.05) is 61.9 Å². The third-order valence-electron chi connectivity index (χ3n) is 4.47. The van der Waals surface area contributed by atoms with E-state index in [1.54, 1.807) is 0 Å². The van der Waals surface area contributed by atoms with E-state index in [1.165, 1.54) is 29.7 Å². The summed E-state index contributed by atoms with van der Waals surface area (Å²) in [6, 6.07) is 10.6. The van der Waals surface area contributed by atoms with Crippen LogP contribution in [0.15, 0.2) is 82.4 Å². The molecule has 0 aromatic heterocycles. The van der Waals surface area contributed by atoms with Crippen molar-refractivity contribution in [3.63, 3.8) is 0 Å². The van der Waals surface area contributed by atoms with E-state index in [1.807, 2.05) is 0 Å². The molecule has 0 bridgehead atoms. The first-order valence-corrected chi connectivity index (χ1v) is 9.53. The highest BCUT2D eigenvalue weighted by Crippen LogP contribution is 2.26. The number of nitrogens with zero attached hydrogens (tertiary/aromatic N) is 1. The number of ether oxygens (including phenoxy) is 1. The summed E-state index contributed by atoms with van der Waals surface area (Å²) in [4.78, 5) is 4.56. The first kappa shape index (κ1) is 18.2. The van der Waals surface area contributed by atoms with Gasteiger partial charge in [-0.2, -0.15) is 0 Å².